The smallest absolute Gasteiger partial charge is 0.224 e. The Morgan fingerprint density at radius 1 is 1.10 bits per heavy atom. The van der Waals surface area contributed by atoms with Crippen LogP contribution in [0.1, 0.15) is 61.6 Å². The number of β-amino-alcohol motifs (C(OH)–C–C–N with tert-alkyl or cyclic N) is 1. The Kier molecular flexibility index (Phi) is 8.25. The number of rotatable bonds is 11. The minimum atomic E-state index is 0.271. The SMILES string of the molecule is Cc1ccccc1CNc1ncc(C#N)c(NCC23CC4C[C@H](C2)C(NCC2CCN(CCO)CC2)[C@@H](C4)C3)n1. The summed E-state index contributed by atoms with van der Waals surface area (Å²) in [5.41, 5.74) is 3.26. The van der Waals surface area contributed by atoms with Gasteiger partial charge in [-0.2, -0.15) is 10.2 Å². The van der Waals surface area contributed by atoms with Crippen molar-refractivity contribution in [3.05, 3.63) is 47.2 Å². The Labute approximate surface area is 239 Å². The standard InChI is InChI=1S/C32H45N7O/c1-22-4-2-3-5-25(22)19-35-31-36-20-28(17-33)30(38-31)37-21-32-14-24-12-26(15-32)29(27(13-24)16-32)34-18-23-6-8-39(9-7-23)10-11-40/h2-5,20,23-24,26-27,29,34,40H,6-16,18-19,21H2,1H3,(H2,35,36,37,38)/t24?,26-,27+,29?,32?. The molecule has 1 aromatic heterocycles. The third kappa shape index (κ3) is 5.97. The van der Waals surface area contributed by atoms with E-state index < -0.39 is 0 Å². The van der Waals surface area contributed by atoms with Crippen LogP contribution in [0.3, 0.4) is 0 Å². The highest BCUT2D eigenvalue weighted by Gasteiger charge is 2.55. The molecule has 214 valence electrons. The van der Waals surface area contributed by atoms with Crippen molar-refractivity contribution in [2.24, 2.45) is 29.1 Å². The van der Waals surface area contributed by atoms with Crippen molar-refractivity contribution >= 4 is 11.8 Å². The maximum absolute atomic E-state index is 9.74. The van der Waals surface area contributed by atoms with Gasteiger partial charge in [-0.25, -0.2) is 4.98 Å². The van der Waals surface area contributed by atoms with Crippen LogP contribution in [0.4, 0.5) is 11.8 Å². The number of nitriles is 1. The molecule has 0 amide bonds. The number of nitrogens with zero attached hydrogens (tertiary/aromatic N) is 4. The summed E-state index contributed by atoms with van der Waals surface area (Å²) in [7, 11) is 0. The van der Waals surface area contributed by atoms with E-state index in [9.17, 15) is 10.4 Å². The quantitative estimate of drug-likeness (QED) is 0.334. The van der Waals surface area contributed by atoms with E-state index in [4.69, 9.17) is 4.98 Å². The molecular formula is C32H45N7O. The first-order valence-electron chi connectivity index (χ1n) is 15.4. The second kappa shape index (κ2) is 12.0. The third-order valence-corrected chi connectivity index (χ3v) is 10.4. The normalized spacial score (nSPS) is 29.8. The molecule has 5 atom stereocenters. The third-order valence-electron chi connectivity index (χ3n) is 10.4. The maximum Gasteiger partial charge on any atom is 0.224 e. The van der Waals surface area contributed by atoms with Crippen LogP contribution in [0, 0.1) is 47.3 Å². The van der Waals surface area contributed by atoms with Crippen LogP contribution in [0.25, 0.3) is 0 Å². The molecule has 1 aromatic carbocycles. The Bertz CT molecular complexity index is 1190. The number of anilines is 2. The molecule has 40 heavy (non-hydrogen) atoms. The molecule has 4 N–H and O–H groups in total. The molecule has 2 heterocycles. The summed E-state index contributed by atoms with van der Waals surface area (Å²) in [6.07, 6.45) is 10.7. The number of nitrogens with one attached hydrogen (secondary N) is 3. The second-order valence-corrected chi connectivity index (χ2v) is 13.1. The minimum absolute atomic E-state index is 0.271. The Morgan fingerprint density at radius 2 is 1.88 bits per heavy atom. The highest BCUT2D eigenvalue weighted by molar-refractivity contribution is 5.53. The van der Waals surface area contributed by atoms with Crippen LogP contribution in [-0.2, 0) is 6.54 Å². The highest BCUT2D eigenvalue weighted by atomic mass is 16.3. The van der Waals surface area contributed by atoms with E-state index in [0.717, 1.165) is 56.4 Å². The lowest BCUT2D eigenvalue weighted by atomic mass is 9.48. The number of hydrogen-bond donors (Lipinski definition) is 4. The maximum atomic E-state index is 9.74. The molecule has 5 aliphatic rings. The molecule has 0 spiro atoms. The number of aryl methyl sites for hydroxylation is 1. The van der Waals surface area contributed by atoms with Gasteiger partial charge in [0.05, 0.1) is 12.8 Å². The van der Waals surface area contributed by atoms with Crippen molar-refractivity contribution in [2.45, 2.75) is 64.5 Å². The van der Waals surface area contributed by atoms with Gasteiger partial charge in [-0.3, -0.25) is 0 Å². The summed E-state index contributed by atoms with van der Waals surface area (Å²) < 4.78 is 0. The summed E-state index contributed by atoms with van der Waals surface area (Å²) in [6.45, 7) is 8.13. The van der Waals surface area contributed by atoms with Crippen molar-refractivity contribution in [1.29, 1.82) is 5.26 Å². The fraction of sp³-hybridized carbons (Fsp3) is 0.656. The summed E-state index contributed by atoms with van der Waals surface area (Å²) in [6, 6.07) is 11.3. The van der Waals surface area contributed by atoms with Gasteiger partial charge in [0, 0.05) is 25.7 Å². The van der Waals surface area contributed by atoms with Crippen LogP contribution in [0.15, 0.2) is 30.5 Å². The lowest BCUT2D eigenvalue weighted by Crippen LogP contribution is -2.60. The predicted molar refractivity (Wildman–Crippen MR) is 158 cm³/mol. The molecular weight excluding hydrogens is 498 g/mol. The van der Waals surface area contributed by atoms with Crippen LogP contribution in [0.2, 0.25) is 0 Å². The Morgan fingerprint density at radius 3 is 2.60 bits per heavy atom. The van der Waals surface area contributed by atoms with Gasteiger partial charge in [0.15, 0.2) is 0 Å². The average Bonchev–Trinajstić information content (AvgIpc) is 2.96. The summed E-state index contributed by atoms with van der Waals surface area (Å²) in [4.78, 5) is 11.5. The fourth-order valence-electron chi connectivity index (χ4n) is 8.54. The van der Waals surface area contributed by atoms with Crippen molar-refractivity contribution in [1.82, 2.24) is 20.2 Å². The molecule has 3 unspecified atom stereocenters. The van der Waals surface area contributed by atoms with Crippen LogP contribution in [0.5, 0.6) is 0 Å². The molecule has 0 radical (unpaired) electrons. The molecule has 7 rings (SSSR count). The van der Waals surface area contributed by atoms with E-state index >= 15 is 0 Å². The summed E-state index contributed by atoms with van der Waals surface area (Å²) in [5, 5.41) is 30.0. The lowest BCUT2D eigenvalue weighted by molar-refractivity contribution is -0.0704. The van der Waals surface area contributed by atoms with Gasteiger partial charge < -0.3 is 26.0 Å². The van der Waals surface area contributed by atoms with Gasteiger partial charge in [-0.1, -0.05) is 24.3 Å². The number of aliphatic hydroxyl groups is 1. The fourth-order valence-corrected chi connectivity index (χ4v) is 8.54. The van der Waals surface area contributed by atoms with Crippen LogP contribution in [-0.4, -0.2) is 65.3 Å². The van der Waals surface area contributed by atoms with E-state index in [0.29, 0.717) is 35.3 Å². The molecule has 2 aromatic rings. The number of hydrogen-bond acceptors (Lipinski definition) is 8. The van der Waals surface area contributed by atoms with Crippen molar-refractivity contribution in [3.63, 3.8) is 0 Å². The first-order valence-corrected chi connectivity index (χ1v) is 15.4. The monoisotopic (exact) mass is 543 g/mol. The lowest BCUT2D eigenvalue weighted by Gasteiger charge is -2.60. The largest absolute Gasteiger partial charge is 0.395 e. The number of likely N-dealkylation sites (tertiary alicyclic amines) is 1. The zero-order valence-electron chi connectivity index (χ0n) is 23.9. The van der Waals surface area contributed by atoms with Gasteiger partial charge in [0.1, 0.15) is 17.5 Å². The molecule has 8 heteroatoms. The molecule has 5 fully saturated rings. The van der Waals surface area contributed by atoms with Crippen LogP contribution >= 0.6 is 0 Å². The van der Waals surface area contributed by atoms with Gasteiger partial charge in [0.25, 0.3) is 0 Å². The molecule has 4 bridgehead atoms. The van der Waals surface area contributed by atoms with Crippen LogP contribution < -0.4 is 16.0 Å². The van der Waals surface area contributed by atoms with Gasteiger partial charge in [0.2, 0.25) is 5.95 Å². The summed E-state index contributed by atoms with van der Waals surface area (Å²) >= 11 is 0. The van der Waals surface area contributed by atoms with E-state index in [2.05, 4.69) is 51.0 Å². The van der Waals surface area contributed by atoms with E-state index in [1.807, 2.05) is 12.1 Å². The number of benzene rings is 1. The van der Waals surface area contributed by atoms with Crippen molar-refractivity contribution in [2.75, 3.05) is 50.0 Å². The molecule has 4 saturated carbocycles. The van der Waals surface area contributed by atoms with E-state index in [1.54, 1.807) is 6.20 Å². The van der Waals surface area contributed by atoms with Gasteiger partial charge in [-0.15, -0.1) is 0 Å². The predicted octanol–water partition coefficient (Wildman–Crippen LogP) is 4.17. The van der Waals surface area contributed by atoms with Gasteiger partial charge in [-0.05, 0) is 112 Å². The second-order valence-electron chi connectivity index (χ2n) is 13.1. The average molecular weight is 544 g/mol. The number of aromatic nitrogens is 2. The molecule has 8 nitrogen and oxygen atoms in total. The number of piperidine rings is 1. The number of aliphatic hydroxyl groups excluding tert-OH is 1. The zero-order chi connectivity index (χ0) is 27.5. The zero-order valence-corrected chi connectivity index (χ0v) is 23.9. The van der Waals surface area contributed by atoms with E-state index in [1.165, 1.54) is 56.1 Å². The first-order chi connectivity index (χ1) is 19.5. The highest BCUT2D eigenvalue weighted by Crippen LogP contribution is 2.60. The Hall–Kier alpha value is -2.73. The minimum Gasteiger partial charge on any atom is -0.395 e. The molecule has 1 aliphatic heterocycles. The van der Waals surface area contributed by atoms with Crippen molar-refractivity contribution in [3.8, 4) is 6.07 Å². The molecule has 4 aliphatic carbocycles. The van der Waals surface area contributed by atoms with Crippen molar-refractivity contribution < 1.29 is 5.11 Å². The molecule has 1 saturated heterocycles. The van der Waals surface area contributed by atoms with E-state index in [-0.39, 0.29) is 6.61 Å². The Balaban J connectivity index is 1.05. The first kappa shape index (κ1) is 27.4. The topological polar surface area (TPSA) is 109 Å². The van der Waals surface area contributed by atoms with Gasteiger partial charge >= 0.3 is 0 Å². The summed E-state index contributed by atoms with van der Waals surface area (Å²) in [5.74, 6) is 4.33.